The second-order valence-electron chi connectivity index (χ2n) is 2.61. The minimum absolute atomic E-state index is 0.624. The predicted molar refractivity (Wildman–Crippen MR) is 48.8 cm³/mol. The van der Waals surface area contributed by atoms with Crippen LogP contribution >= 0.6 is 0 Å². The van der Waals surface area contributed by atoms with Crippen molar-refractivity contribution in [3.63, 3.8) is 0 Å². The molecule has 0 unspecified atom stereocenters. The fraction of sp³-hybridized carbons (Fsp3) is 0.375. The van der Waals surface area contributed by atoms with E-state index in [0.29, 0.717) is 11.5 Å². The first-order valence-corrected chi connectivity index (χ1v) is 3.65. The zero-order valence-corrected chi connectivity index (χ0v) is 7.53. The van der Waals surface area contributed by atoms with E-state index in [1.165, 1.54) is 5.06 Å². The van der Waals surface area contributed by atoms with Crippen molar-refractivity contribution in [3.8, 4) is 0 Å². The quantitative estimate of drug-likeness (QED) is 0.667. The van der Waals surface area contributed by atoms with Crippen molar-refractivity contribution >= 4 is 11.5 Å². The van der Waals surface area contributed by atoms with Crippen LogP contribution in [0.5, 0.6) is 0 Å². The van der Waals surface area contributed by atoms with Crippen LogP contribution in [0.2, 0.25) is 0 Å². The Labute approximate surface area is 71.9 Å². The molecule has 1 rings (SSSR count). The Morgan fingerprint density at radius 2 is 2.25 bits per heavy atom. The smallest absolute Gasteiger partial charge is 0.175 e. The lowest BCUT2D eigenvalue weighted by Gasteiger charge is -2.16. The van der Waals surface area contributed by atoms with Gasteiger partial charge in [-0.15, -0.1) is 0 Å². The summed E-state index contributed by atoms with van der Waals surface area (Å²) in [5.41, 5.74) is 7.38. The molecule has 1 aromatic heterocycles. The Kier molecular flexibility index (Phi) is 2.50. The molecule has 0 amide bonds. The first-order chi connectivity index (χ1) is 5.65. The molecule has 0 aliphatic heterocycles. The topological polar surface area (TPSA) is 51.4 Å². The molecule has 0 saturated carbocycles. The number of nitrogens with zero attached hydrogens (tertiary/aromatic N) is 2. The average molecular weight is 167 g/mol. The second kappa shape index (κ2) is 3.40. The molecule has 0 radical (unpaired) electrons. The van der Waals surface area contributed by atoms with Crippen LogP contribution in [0.1, 0.15) is 5.56 Å². The van der Waals surface area contributed by atoms with Gasteiger partial charge in [-0.25, -0.2) is 10.0 Å². The van der Waals surface area contributed by atoms with E-state index < -0.39 is 0 Å². The number of hydroxylamine groups is 1. The molecule has 0 spiro atoms. The highest BCUT2D eigenvalue weighted by Crippen LogP contribution is 2.18. The molecule has 12 heavy (non-hydrogen) atoms. The summed E-state index contributed by atoms with van der Waals surface area (Å²) in [6.07, 6.45) is 1.75. The highest BCUT2D eigenvalue weighted by Gasteiger charge is 2.04. The first-order valence-electron chi connectivity index (χ1n) is 3.65. The Balaban J connectivity index is 3.01. The van der Waals surface area contributed by atoms with Crippen molar-refractivity contribution < 1.29 is 4.84 Å². The van der Waals surface area contributed by atoms with Gasteiger partial charge in [0.2, 0.25) is 0 Å². The summed E-state index contributed by atoms with van der Waals surface area (Å²) in [5, 5.41) is 1.52. The molecule has 2 N–H and O–H groups in total. The molecule has 0 bridgehead atoms. The van der Waals surface area contributed by atoms with Gasteiger partial charge in [-0.05, 0) is 18.6 Å². The van der Waals surface area contributed by atoms with Crippen molar-refractivity contribution in [2.24, 2.45) is 0 Å². The Bertz CT molecular complexity index is 275. The minimum atomic E-state index is 0.624. The van der Waals surface area contributed by atoms with E-state index >= 15 is 0 Å². The molecule has 0 fully saturated rings. The number of aryl methyl sites for hydroxylation is 1. The van der Waals surface area contributed by atoms with Gasteiger partial charge in [0.1, 0.15) is 0 Å². The summed E-state index contributed by atoms with van der Waals surface area (Å²) in [7, 11) is 3.33. The van der Waals surface area contributed by atoms with Gasteiger partial charge >= 0.3 is 0 Å². The van der Waals surface area contributed by atoms with Crippen LogP contribution in [0.3, 0.4) is 0 Å². The number of aromatic nitrogens is 1. The predicted octanol–water partition coefficient (Wildman–Crippen LogP) is 0.970. The van der Waals surface area contributed by atoms with Gasteiger partial charge in [0, 0.05) is 13.2 Å². The number of anilines is 2. The van der Waals surface area contributed by atoms with Crippen LogP contribution in [-0.2, 0) is 4.84 Å². The molecule has 4 heteroatoms. The largest absolute Gasteiger partial charge is 0.396 e. The fourth-order valence-corrected chi connectivity index (χ4v) is 0.934. The van der Waals surface area contributed by atoms with Gasteiger partial charge in [-0.2, -0.15) is 0 Å². The molecule has 4 nitrogen and oxygen atoms in total. The molecular formula is C8H13N3O. The molecule has 0 saturated heterocycles. The molecule has 1 aromatic rings. The van der Waals surface area contributed by atoms with E-state index in [4.69, 9.17) is 10.6 Å². The minimum Gasteiger partial charge on any atom is -0.396 e. The Morgan fingerprint density at radius 3 is 2.75 bits per heavy atom. The Hall–Kier alpha value is -1.29. The second-order valence-corrected chi connectivity index (χ2v) is 2.61. The summed E-state index contributed by atoms with van der Waals surface area (Å²) in [6, 6.07) is 1.86. The number of nitrogen functional groups attached to an aromatic ring is 1. The van der Waals surface area contributed by atoms with Gasteiger partial charge < -0.3 is 5.73 Å². The van der Waals surface area contributed by atoms with E-state index in [-0.39, 0.29) is 0 Å². The van der Waals surface area contributed by atoms with Crippen molar-refractivity contribution in [1.29, 1.82) is 0 Å². The summed E-state index contributed by atoms with van der Waals surface area (Å²) < 4.78 is 0. The van der Waals surface area contributed by atoms with Crippen LogP contribution in [0.15, 0.2) is 12.3 Å². The highest BCUT2D eigenvalue weighted by molar-refractivity contribution is 5.61. The van der Waals surface area contributed by atoms with Gasteiger partial charge in [-0.3, -0.25) is 4.84 Å². The summed E-state index contributed by atoms with van der Waals surface area (Å²) in [6.45, 7) is 1.94. The van der Waals surface area contributed by atoms with Gasteiger partial charge in [0.25, 0.3) is 0 Å². The lowest BCUT2D eigenvalue weighted by Crippen LogP contribution is -2.17. The van der Waals surface area contributed by atoms with Crippen molar-refractivity contribution in [1.82, 2.24) is 4.98 Å². The molecule has 0 aliphatic carbocycles. The molecule has 0 aliphatic rings. The standard InChI is InChI=1S/C8H13N3O/c1-6-4-7(9)8(10-5-6)11(2)12-3/h4-5H,9H2,1-3H3. The van der Waals surface area contributed by atoms with E-state index in [9.17, 15) is 0 Å². The first kappa shape index (κ1) is 8.80. The van der Waals surface area contributed by atoms with Crippen LogP contribution in [0, 0.1) is 6.92 Å². The van der Waals surface area contributed by atoms with Gasteiger partial charge in [0.15, 0.2) is 5.82 Å². The van der Waals surface area contributed by atoms with E-state index in [2.05, 4.69) is 4.98 Å². The fourth-order valence-electron chi connectivity index (χ4n) is 0.934. The van der Waals surface area contributed by atoms with Crippen LogP contribution in [0.25, 0.3) is 0 Å². The monoisotopic (exact) mass is 167 g/mol. The van der Waals surface area contributed by atoms with Gasteiger partial charge in [-0.1, -0.05) is 0 Å². The third-order valence-electron chi connectivity index (χ3n) is 1.60. The van der Waals surface area contributed by atoms with Crippen LogP contribution in [0.4, 0.5) is 11.5 Å². The van der Waals surface area contributed by atoms with Crippen molar-refractivity contribution in [2.75, 3.05) is 25.0 Å². The lowest BCUT2D eigenvalue weighted by atomic mass is 10.3. The van der Waals surface area contributed by atoms with Gasteiger partial charge in [0.05, 0.1) is 12.8 Å². The lowest BCUT2D eigenvalue weighted by molar-refractivity contribution is 0.183. The third kappa shape index (κ3) is 1.65. The summed E-state index contributed by atoms with van der Waals surface area (Å²) in [4.78, 5) is 9.07. The van der Waals surface area contributed by atoms with Crippen LogP contribution < -0.4 is 10.8 Å². The Morgan fingerprint density at radius 1 is 1.58 bits per heavy atom. The SMILES string of the molecule is CON(C)c1ncc(C)cc1N. The number of nitrogens with two attached hydrogens (primary N) is 1. The van der Waals surface area contributed by atoms with Crippen molar-refractivity contribution in [2.45, 2.75) is 6.92 Å². The number of rotatable bonds is 2. The third-order valence-corrected chi connectivity index (χ3v) is 1.60. The molecular weight excluding hydrogens is 154 g/mol. The van der Waals surface area contributed by atoms with Crippen LogP contribution in [-0.4, -0.2) is 19.1 Å². The number of hydrogen-bond donors (Lipinski definition) is 1. The molecule has 0 aromatic carbocycles. The molecule has 1 heterocycles. The van der Waals surface area contributed by atoms with E-state index in [1.54, 1.807) is 20.4 Å². The highest BCUT2D eigenvalue weighted by atomic mass is 16.7. The molecule has 0 atom stereocenters. The number of hydrogen-bond acceptors (Lipinski definition) is 4. The molecule has 66 valence electrons. The number of pyridine rings is 1. The zero-order valence-electron chi connectivity index (χ0n) is 7.53. The maximum absolute atomic E-state index is 5.71. The average Bonchev–Trinajstić information content (AvgIpc) is 2.03. The zero-order chi connectivity index (χ0) is 9.14. The summed E-state index contributed by atoms with van der Waals surface area (Å²) in [5.74, 6) is 0.642. The summed E-state index contributed by atoms with van der Waals surface area (Å²) >= 11 is 0. The maximum atomic E-state index is 5.71. The van der Waals surface area contributed by atoms with E-state index in [1.807, 2.05) is 13.0 Å². The maximum Gasteiger partial charge on any atom is 0.175 e. The normalized spacial score (nSPS) is 9.92. The van der Waals surface area contributed by atoms with E-state index in [0.717, 1.165) is 5.56 Å². The van der Waals surface area contributed by atoms with Crippen molar-refractivity contribution in [3.05, 3.63) is 17.8 Å².